The Balaban J connectivity index is 1.69. The number of thioether (sulfide) groups is 1. The van der Waals surface area contributed by atoms with Crippen LogP contribution in [0.3, 0.4) is 0 Å². The van der Waals surface area contributed by atoms with Crippen LogP contribution in [-0.4, -0.2) is 21.9 Å². The molecule has 142 valence electrons. The van der Waals surface area contributed by atoms with Crippen LogP contribution in [0.25, 0.3) is 0 Å². The molecule has 1 atom stereocenters. The molecule has 1 heterocycles. The van der Waals surface area contributed by atoms with Crippen LogP contribution in [-0.2, 0) is 12.3 Å². The Bertz CT molecular complexity index is 866. The van der Waals surface area contributed by atoms with Crippen molar-refractivity contribution >= 4 is 11.8 Å². The van der Waals surface area contributed by atoms with E-state index in [1.165, 1.54) is 12.1 Å². The van der Waals surface area contributed by atoms with E-state index in [0.717, 1.165) is 34.6 Å². The standard InChI is InChI=1S/C20H22FN3O2S/c1-4-24-19(14(2)26-18-11-9-17(25-3)10-12-18)22-23-20(24)27-13-15-5-7-16(21)8-6-15/h5-12,14H,4,13H2,1-3H3. The average molecular weight is 387 g/mol. The lowest BCUT2D eigenvalue weighted by Crippen LogP contribution is -2.12. The van der Waals surface area contributed by atoms with E-state index in [2.05, 4.69) is 17.1 Å². The van der Waals surface area contributed by atoms with E-state index in [9.17, 15) is 4.39 Å². The number of benzene rings is 2. The maximum Gasteiger partial charge on any atom is 0.191 e. The second kappa shape index (κ2) is 8.90. The number of aromatic nitrogens is 3. The Morgan fingerprint density at radius 2 is 1.70 bits per heavy atom. The summed E-state index contributed by atoms with van der Waals surface area (Å²) in [7, 11) is 1.63. The first kappa shape index (κ1) is 19.2. The van der Waals surface area contributed by atoms with E-state index in [1.807, 2.05) is 35.8 Å². The molecular formula is C20H22FN3O2S. The molecule has 0 N–H and O–H groups in total. The highest BCUT2D eigenvalue weighted by Gasteiger charge is 2.18. The second-order valence-electron chi connectivity index (χ2n) is 5.94. The minimum Gasteiger partial charge on any atom is -0.497 e. The van der Waals surface area contributed by atoms with Crippen LogP contribution >= 0.6 is 11.8 Å². The zero-order valence-electron chi connectivity index (χ0n) is 15.6. The molecule has 7 heteroatoms. The minimum absolute atomic E-state index is 0.229. The van der Waals surface area contributed by atoms with Gasteiger partial charge in [-0.2, -0.15) is 0 Å². The normalized spacial score (nSPS) is 12.0. The number of rotatable bonds is 8. The smallest absolute Gasteiger partial charge is 0.191 e. The van der Waals surface area contributed by atoms with Gasteiger partial charge in [0.1, 0.15) is 17.3 Å². The first-order valence-electron chi connectivity index (χ1n) is 8.71. The molecular weight excluding hydrogens is 365 g/mol. The molecule has 3 aromatic rings. The SMILES string of the molecule is CCn1c(SCc2ccc(F)cc2)nnc1C(C)Oc1ccc(OC)cc1. The Labute approximate surface area is 162 Å². The van der Waals surface area contributed by atoms with Gasteiger partial charge in [0.25, 0.3) is 0 Å². The number of hydrogen-bond donors (Lipinski definition) is 0. The quantitative estimate of drug-likeness (QED) is 0.516. The van der Waals surface area contributed by atoms with E-state index in [1.54, 1.807) is 31.0 Å². The molecule has 0 saturated carbocycles. The van der Waals surface area contributed by atoms with Crippen LogP contribution in [0.1, 0.15) is 31.3 Å². The lowest BCUT2D eigenvalue weighted by Gasteiger charge is -2.15. The molecule has 27 heavy (non-hydrogen) atoms. The van der Waals surface area contributed by atoms with E-state index < -0.39 is 0 Å². The molecule has 0 aliphatic rings. The fourth-order valence-corrected chi connectivity index (χ4v) is 3.61. The van der Waals surface area contributed by atoms with Crippen molar-refractivity contribution in [2.45, 2.75) is 37.4 Å². The maximum atomic E-state index is 13.0. The topological polar surface area (TPSA) is 49.2 Å². The van der Waals surface area contributed by atoms with Crippen LogP contribution in [0.15, 0.2) is 53.7 Å². The molecule has 0 saturated heterocycles. The number of nitrogens with zero attached hydrogens (tertiary/aromatic N) is 3. The summed E-state index contributed by atoms with van der Waals surface area (Å²) in [5.74, 6) is 2.77. The van der Waals surface area contributed by atoms with Crippen molar-refractivity contribution in [2.75, 3.05) is 7.11 Å². The van der Waals surface area contributed by atoms with Crippen molar-refractivity contribution in [3.05, 3.63) is 65.7 Å². The molecule has 0 aliphatic carbocycles. The van der Waals surface area contributed by atoms with Gasteiger partial charge in [0.05, 0.1) is 7.11 Å². The van der Waals surface area contributed by atoms with Gasteiger partial charge in [0.15, 0.2) is 17.1 Å². The highest BCUT2D eigenvalue weighted by molar-refractivity contribution is 7.98. The third-order valence-corrected chi connectivity index (χ3v) is 5.12. The number of methoxy groups -OCH3 is 1. The van der Waals surface area contributed by atoms with Gasteiger partial charge in [-0.15, -0.1) is 10.2 Å². The van der Waals surface area contributed by atoms with Crippen molar-refractivity contribution in [3.8, 4) is 11.5 Å². The van der Waals surface area contributed by atoms with Gasteiger partial charge in [-0.05, 0) is 55.8 Å². The summed E-state index contributed by atoms with van der Waals surface area (Å²) < 4.78 is 26.2. The predicted octanol–water partition coefficient (Wildman–Crippen LogP) is 4.88. The maximum absolute atomic E-state index is 13.0. The average Bonchev–Trinajstić information content (AvgIpc) is 3.11. The van der Waals surface area contributed by atoms with E-state index in [0.29, 0.717) is 5.75 Å². The van der Waals surface area contributed by atoms with Crippen molar-refractivity contribution in [1.29, 1.82) is 0 Å². The molecule has 0 aliphatic heterocycles. The number of hydrogen-bond acceptors (Lipinski definition) is 5. The molecule has 3 rings (SSSR count). The monoisotopic (exact) mass is 387 g/mol. The summed E-state index contributed by atoms with van der Waals surface area (Å²) in [6, 6.07) is 14.0. The van der Waals surface area contributed by atoms with E-state index >= 15 is 0 Å². The zero-order chi connectivity index (χ0) is 19.2. The summed E-state index contributed by atoms with van der Waals surface area (Å²) in [4.78, 5) is 0. The molecule has 0 spiro atoms. The summed E-state index contributed by atoms with van der Waals surface area (Å²) in [6.45, 7) is 4.74. The third-order valence-electron chi connectivity index (χ3n) is 4.08. The molecule has 0 radical (unpaired) electrons. The summed E-state index contributed by atoms with van der Waals surface area (Å²) in [6.07, 6.45) is -0.244. The summed E-state index contributed by atoms with van der Waals surface area (Å²) in [5.41, 5.74) is 1.04. The van der Waals surface area contributed by atoms with Crippen LogP contribution in [0, 0.1) is 5.82 Å². The van der Waals surface area contributed by atoms with Gasteiger partial charge in [0.2, 0.25) is 0 Å². The first-order chi connectivity index (χ1) is 13.1. The molecule has 0 fully saturated rings. The highest BCUT2D eigenvalue weighted by atomic mass is 32.2. The van der Waals surface area contributed by atoms with Gasteiger partial charge in [-0.1, -0.05) is 23.9 Å². The van der Waals surface area contributed by atoms with Crippen molar-refractivity contribution in [3.63, 3.8) is 0 Å². The lowest BCUT2D eigenvalue weighted by atomic mass is 10.2. The van der Waals surface area contributed by atoms with Crippen molar-refractivity contribution in [1.82, 2.24) is 14.8 Å². The van der Waals surface area contributed by atoms with Gasteiger partial charge in [0, 0.05) is 12.3 Å². The Morgan fingerprint density at radius 1 is 1.04 bits per heavy atom. The van der Waals surface area contributed by atoms with E-state index in [4.69, 9.17) is 9.47 Å². The molecule has 1 unspecified atom stereocenters. The highest BCUT2D eigenvalue weighted by Crippen LogP contribution is 2.27. The Morgan fingerprint density at radius 3 is 2.33 bits per heavy atom. The Hall–Kier alpha value is -2.54. The second-order valence-corrected chi connectivity index (χ2v) is 6.88. The van der Waals surface area contributed by atoms with Crippen LogP contribution < -0.4 is 9.47 Å². The molecule has 0 amide bonds. The molecule has 0 bridgehead atoms. The number of ether oxygens (including phenoxy) is 2. The largest absolute Gasteiger partial charge is 0.497 e. The van der Waals surface area contributed by atoms with Crippen LogP contribution in [0.4, 0.5) is 4.39 Å². The number of halogens is 1. The van der Waals surface area contributed by atoms with Gasteiger partial charge >= 0.3 is 0 Å². The summed E-state index contributed by atoms with van der Waals surface area (Å²) in [5, 5.41) is 9.46. The molecule has 2 aromatic carbocycles. The van der Waals surface area contributed by atoms with Gasteiger partial charge in [-0.25, -0.2) is 4.39 Å². The van der Waals surface area contributed by atoms with Crippen LogP contribution in [0.2, 0.25) is 0 Å². The predicted molar refractivity (Wildman–Crippen MR) is 104 cm³/mol. The van der Waals surface area contributed by atoms with Gasteiger partial charge in [-0.3, -0.25) is 0 Å². The fourth-order valence-electron chi connectivity index (χ4n) is 2.64. The fraction of sp³-hybridized carbons (Fsp3) is 0.300. The minimum atomic E-state index is -0.244. The van der Waals surface area contributed by atoms with Gasteiger partial charge < -0.3 is 14.0 Å². The first-order valence-corrected chi connectivity index (χ1v) is 9.70. The summed E-state index contributed by atoms with van der Waals surface area (Å²) >= 11 is 1.57. The molecule has 1 aromatic heterocycles. The van der Waals surface area contributed by atoms with E-state index in [-0.39, 0.29) is 11.9 Å². The zero-order valence-corrected chi connectivity index (χ0v) is 16.4. The van der Waals surface area contributed by atoms with Crippen LogP contribution in [0.5, 0.6) is 11.5 Å². The lowest BCUT2D eigenvalue weighted by molar-refractivity contribution is 0.209. The Kier molecular flexibility index (Phi) is 6.34. The third kappa shape index (κ3) is 4.80. The van der Waals surface area contributed by atoms with Crippen molar-refractivity contribution in [2.24, 2.45) is 0 Å². The van der Waals surface area contributed by atoms with Crippen molar-refractivity contribution < 1.29 is 13.9 Å². The molecule has 5 nitrogen and oxygen atoms in total.